The summed E-state index contributed by atoms with van der Waals surface area (Å²) in [5, 5.41) is 9.51. The molecule has 1 rings (SSSR count). The molecule has 0 atom stereocenters. The first kappa shape index (κ1) is 9.01. The number of hydrogen-bond acceptors (Lipinski definition) is 2. The van der Waals surface area contributed by atoms with Crippen LogP contribution in [0.1, 0.15) is 6.92 Å². The quantitative estimate of drug-likeness (QED) is 0.575. The van der Waals surface area contributed by atoms with Crippen LogP contribution in [0.15, 0.2) is 40.8 Å². The van der Waals surface area contributed by atoms with Crippen LogP contribution in [0, 0.1) is 0 Å². The monoisotopic (exact) mass is 161 g/mol. The second kappa shape index (κ2) is 4.07. The largest absolute Gasteiger partial charge is 0.445 e. The van der Waals surface area contributed by atoms with Gasteiger partial charge in [0.1, 0.15) is 0 Å². The molecule has 0 aromatic rings. The summed E-state index contributed by atoms with van der Waals surface area (Å²) in [5.41, 5.74) is 1.89. The summed E-state index contributed by atoms with van der Waals surface area (Å²) in [6, 6.07) is 0. The van der Waals surface area contributed by atoms with E-state index >= 15 is 0 Å². The van der Waals surface area contributed by atoms with Gasteiger partial charge in [-0.15, -0.1) is 0 Å². The lowest BCUT2D eigenvalue weighted by Gasteiger charge is -2.14. The van der Waals surface area contributed by atoms with Crippen LogP contribution in [0.4, 0.5) is 0 Å². The minimum atomic E-state index is -0.453. The molecule has 3 heteroatoms. The molecule has 2 nitrogen and oxygen atoms in total. The Hall–Kier alpha value is -1.09. The number of rotatable bonds is 1. The molecule has 0 saturated heterocycles. The van der Waals surface area contributed by atoms with E-state index in [0.717, 1.165) is 11.0 Å². The van der Waals surface area contributed by atoms with Crippen LogP contribution < -0.4 is 0 Å². The molecular formula is C9H12BNO. The standard InChI is InChI=1S/C9H12BNO/c1-3-5-8-6-11-7-10(12)9(8)4-2/h3-6,12H,1,7H2,2H3/b8-5-,9-4+. The van der Waals surface area contributed by atoms with Crippen molar-refractivity contribution >= 4 is 13.1 Å². The van der Waals surface area contributed by atoms with E-state index in [1.54, 1.807) is 12.3 Å². The Labute approximate surface area is 73.1 Å². The molecule has 0 spiro atoms. The molecule has 0 unspecified atom stereocenters. The summed E-state index contributed by atoms with van der Waals surface area (Å²) in [4.78, 5) is 4.02. The van der Waals surface area contributed by atoms with E-state index in [9.17, 15) is 5.02 Å². The van der Waals surface area contributed by atoms with Crippen molar-refractivity contribution in [3.05, 3.63) is 35.9 Å². The molecule has 0 bridgehead atoms. The van der Waals surface area contributed by atoms with Crippen molar-refractivity contribution in [2.45, 2.75) is 6.92 Å². The molecule has 1 heterocycles. The highest BCUT2D eigenvalue weighted by atomic mass is 16.2. The zero-order chi connectivity index (χ0) is 8.97. The highest BCUT2D eigenvalue weighted by Crippen LogP contribution is 2.14. The van der Waals surface area contributed by atoms with Crippen molar-refractivity contribution in [3.8, 4) is 0 Å². The summed E-state index contributed by atoms with van der Waals surface area (Å²) in [5.74, 6) is 0. The molecule has 12 heavy (non-hydrogen) atoms. The summed E-state index contributed by atoms with van der Waals surface area (Å²) in [6.07, 6.45) is 7.69. The van der Waals surface area contributed by atoms with Gasteiger partial charge in [-0.1, -0.05) is 24.8 Å². The predicted octanol–water partition coefficient (Wildman–Crippen LogP) is 1.19. The minimum Gasteiger partial charge on any atom is -0.445 e. The smallest absolute Gasteiger partial charge is 0.346 e. The van der Waals surface area contributed by atoms with E-state index < -0.39 is 6.92 Å². The van der Waals surface area contributed by atoms with E-state index in [1.165, 1.54) is 0 Å². The lowest BCUT2D eigenvalue weighted by Crippen LogP contribution is -2.26. The molecule has 0 aromatic heterocycles. The van der Waals surface area contributed by atoms with E-state index in [0.29, 0.717) is 6.44 Å². The first-order chi connectivity index (χ1) is 5.79. The second-order valence-electron chi connectivity index (χ2n) is 2.61. The lowest BCUT2D eigenvalue weighted by atomic mass is 9.57. The van der Waals surface area contributed by atoms with Gasteiger partial charge < -0.3 is 5.02 Å². The minimum absolute atomic E-state index is 0.453. The fraction of sp³-hybridized carbons (Fsp3) is 0.222. The predicted molar refractivity (Wildman–Crippen MR) is 53.4 cm³/mol. The van der Waals surface area contributed by atoms with Gasteiger partial charge in [0.25, 0.3) is 0 Å². The van der Waals surface area contributed by atoms with Crippen molar-refractivity contribution < 1.29 is 5.02 Å². The van der Waals surface area contributed by atoms with Crippen molar-refractivity contribution in [3.63, 3.8) is 0 Å². The Morgan fingerprint density at radius 1 is 1.75 bits per heavy atom. The second-order valence-corrected chi connectivity index (χ2v) is 2.61. The summed E-state index contributed by atoms with van der Waals surface area (Å²) < 4.78 is 0. The zero-order valence-corrected chi connectivity index (χ0v) is 7.20. The maximum atomic E-state index is 9.51. The van der Waals surface area contributed by atoms with Crippen molar-refractivity contribution in [2.75, 3.05) is 6.44 Å². The van der Waals surface area contributed by atoms with Gasteiger partial charge >= 0.3 is 6.92 Å². The topological polar surface area (TPSA) is 32.6 Å². The Morgan fingerprint density at radius 3 is 3.08 bits per heavy atom. The zero-order valence-electron chi connectivity index (χ0n) is 7.20. The van der Waals surface area contributed by atoms with Gasteiger partial charge in [0.05, 0.1) is 0 Å². The van der Waals surface area contributed by atoms with E-state index in [1.807, 2.05) is 19.1 Å². The van der Waals surface area contributed by atoms with Gasteiger partial charge in [-0.25, -0.2) is 0 Å². The Kier molecular flexibility index (Phi) is 3.05. The molecule has 0 aromatic carbocycles. The molecule has 1 aliphatic rings. The van der Waals surface area contributed by atoms with Crippen molar-refractivity contribution in [1.82, 2.24) is 0 Å². The van der Waals surface area contributed by atoms with Crippen LogP contribution in [0.25, 0.3) is 0 Å². The maximum Gasteiger partial charge on any atom is 0.346 e. The molecule has 0 fully saturated rings. The summed E-state index contributed by atoms with van der Waals surface area (Å²) in [6.45, 7) is 5.06. The normalized spacial score (nSPS) is 23.7. The first-order valence-electron chi connectivity index (χ1n) is 3.96. The molecule has 1 N–H and O–H groups in total. The molecular weight excluding hydrogens is 149 g/mol. The van der Waals surface area contributed by atoms with E-state index in [2.05, 4.69) is 11.6 Å². The highest BCUT2D eigenvalue weighted by Gasteiger charge is 2.21. The summed E-state index contributed by atoms with van der Waals surface area (Å²) >= 11 is 0. The third-order valence-corrected chi connectivity index (χ3v) is 1.81. The average molecular weight is 161 g/mol. The van der Waals surface area contributed by atoms with Crippen molar-refractivity contribution in [2.24, 2.45) is 4.99 Å². The highest BCUT2D eigenvalue weighted by molar-refractivity contribution is 6.62. The fourth-order valence-electron chi connectivity index (χ4n) is 1.24. The molecule has 1 aliphatic heterocycles. The molecule has 0 radical (unpaired) electrons. The number of hydrogen-bond donors (Lipinski definition) is 1. The number of aliphatic imine (C=N–C) groups is 1. The van der Waals surface area contributed by atoms with Gasteiger partial charge in [0, 0.05) is 12.7 Å². The van der Waals surface area contributed by atoms with Gasteiger partial charge in [-0.2, -0.15) is 0 Å². The summed E-state index contributed by atoms with van der Waals surface area (Å²) in [7, 11) is 0. The lowest BCUT2D eigenvalue weighted by molar-refractivity contribution is 0.580. The van der Waals surface area contributed by atoms with Crippen LogP contribution in [0.5, 0.6) is 0 Å². The third-order valence-electron chi connectivity index (χ3n) is 1.81. The van der Waals surface area contributed by atoms with Gasteiger partial charge in [-0.05, 0) is 18.0 Å². The Morgan fingerprint density at radius 2 is 2.50 bits per heavy atom. The number of allylic oxidation sites excluding steroid dienone is 5. The average Bonchev–Trinajstić information content (AvgIpc) is 2.05. The maximum absolute atomic E-state index is 9.51. The van der Waals surface area contributed by atoms with E-state index in [-0.39, 0.29) is 0 Å². The Balaban J connectivity index is 2.99. The Bertz CT molecular complexity index is 266. The van der Waals surface area contributed by atoms with Crippen LogP contribution >= 0.6 is 0 Å². The van der Waals surface area contributed by atoms with Gasteiger partial charge in [0.2, 0.25) is 0 Å². The van der Waals surface area contributed by atoms with Crippen LogP contribution in [0.2, 0.25) is 0 Å². The van der Waals surface area contributed by atoms with Gasteiger partial charge in [-0.3, -0.25) is 4.99 Å². The fourth-order valence-corrected chi connectivity index (χ4v) is 1.24. The molecule has 0 saturated carbocycles. The van der Waals surface area contributed by atoms with Crippen LogP contribution in [-0.2, 0) is 0 Å². The van der Waals surface area contributed by atoms with Crippen LogP contribution in [0.3, 0.4) is 0 Å². The van der Waals surface area contributed by atoms with Crippen LogP contribution in [-0.4, -0.2) is 24.6 Å². The first-order valence-corrected chi connectivity index (χ1v) is 3.96. The third kappa shape index (κ3) is 1.74. The van der Waals surface area contributed by atoms with Crippen molar-refractivity contribution in [1.29, 1.82) is 0 Å². The van der Waals surface area contributed by atoms with Gasteiger partial charge in [0.15, 0.2) is 0 Å². The SMILES string of the molecule is C=C/C=C1/C=NCB(O)/C1=C/C. The van der Waals surface area contributed by atoms with E-state index in [4.69, 9.17) is 0 Å². The molecule has 0 amide bonds. The molecule has 0 aliphatic carbocycles. The molecule has 62 valence electrons. The number of nitrogens with zero attached hydrogens (tertiary/aromatic N) is 1.